The van der Waals surface area contributed by atoms with Gasteiger partial charge < -0.3 is 4.90 Å². The van der Waals surface area contributed by atoms with Crippen LogP contribution in [0.3, 0.4) is 0 Å². The van der Waals surface area contributed by atoms with Crippen molar-refractivity contribution < 1.29 is 0 Å². The number of rotatable bonds is 3. The highest BCUT2D eigenvalue weighted by molar-refractivity contribution is 4.81. The molecule has 0 radical (unpaired) electrons. The number of hydrogen-bond donors (Lipinski definition) is 0. The summed E-state index contributed by atoms with van der Waals surface area (Å²) in [4.78, 5) is 2.71. The molecule has 1 heterocycles. The normalized spacial score (nSPS) is 23.1. The highest BCUT2D eigenvalue weighted by Gasteiger charge is 2.28. The first-order chi connectivity index (χ1) is 8.03. The molecule has 0 amide bonds. The second-order valence-corrected chi connectivity index (χ2v) is 6.95. The van der Waals surface area contributed by atoms with Gasteiger partial charge in [0.15, 0.2) is 0 Å². The van der Waals surface area contributed by atoms with Crippen LogP contribution in [0.15, 0.2) is 0 Å². The average molecular weight is 239 g/mol. The van der Waals surface area contributed by atoms with E-state index in [1.54, 1.807) is 0 Å². The molecule has 1 aliphatic heterocycles. The highest BCUT2D eigenvalue weighted by atomic mass is 15.1. The predicted molar refractivity (Wildman–Crippen MR) is 77.3 cm³/mol. The Morgan fingerprint density at radius 2 is 1.41 bits per heavy atom. The third-order valence-corrected chi connectivity index (χ3v) is 3.82. The van der Waals surface area contributed by atoms with Gasteiger partial charge in [0.25, 0.3) is 0 Å². The Hall–Kier alpha value is -0.0400. The summed E-state index contributed by atoms with van der Waals surface area (Å²) < 4.78 is 0. The molecular formula is C16H33N. The molecular weight excluding hydrogens is 206 g/mol. The zero-order valence-electron chi connectivity index (χ0n) is 12.8. The second kappa shape index (κ2) is 6.78. The van der Waals surface area contributed by atoms with E-state index in [1.807, 2.05) is 13.8 Å². The van der Waals surface area contributed by atoms with Crippen LogP contribution in [0.4, 0.5) is 0 Å². The van der Waals surface area contributed by atoms with Crippen molar-refractivity contribution in [3.05, 3.63) is 0 Å². The first kappa shape index (κ1) is 15.0. The molecule has 0 bridgehead atoms. The van der Waals surface area contributed by atoms with E-state index in [9.17, 15) is 0 Å². The minimum atomic E-state index is 0.531. The lowest BCUT2D eigenvalue weighted by molar-refractivity contribution is 0.148. The van der Waals surface area contributed by atoms with Crippen molar-refractivity contribution in [1.29, 1.82) is 0 Å². The van der Waals surface area contributed by atoms with Crippen LogP contribution >= 0.6 is 0 Å². The van der Waals surface area contributed by atoms with Gasteiger partial charge in [-0.1, -0.05) is 34.6 Å². The van der Waals surface area contributed by atoms with E-state index in [0.29, 0.717) is 5.41 Å². The van der Waals surface area contributed by atoms with Crippen LogP contribution < -0.4 is 0 Å². The van der Waals surface area contributed by atoms with Crippen LogP contribution in [0.5, 0.6) is 0 Å². The summed E-state index contributed by atoms with van der Waals surface area (Å²) in [6.45, 7) is 15.3. The zero-order chi connectivity index (χ0) is 12.9. The van der Waals surface area contributed by atoms with Crippen molar-refractivity contribution in [3.63, 3.8) is 0 Å². The van der Waals surface area contributed by atoms with E-state index in [4.69, 9.17) is 0 Å². The third kappa shape index (κ3) is 6.45. The summed E-state index contributed by atoms with van der Waals surface area (Å²) in [6.07, 6.45) is 7.32. The Morgan fingerprint density at radius 1 is 0.882 bits per heavy atom. The maximum Gasteiger partial charge on any atom is 0.000966 e. The molecule has 0 unspecified atom stereocenters. The van der Waals surface area contributed by atoms with Crippen molar-refractivity contribution in [1.82, 2.24) is 4.90 Å². The number of nitrogens with zero attached hydrogens (tertiary/aromatic N) is 1. The fourth-order valence-corrected chi connectivity index (χ4v) is 2.90. The van der Waals surface area contributed by atoms with Crippen LogP contribution in [0, 0.1) is 17.3 Å². The average Bonchev–Trinajstić information content (AvgIpc) is 3.06. The summed E-state index contributed by atoms with van der Waals surface area (Å²) >= 11 is 0. The largest absolute Gasteiger partial charge is 0.303 e. The van der Waals surface area contributed by atoms with Gasteiger partial charge in [0.05, 0.1) is 0 Å². The Kier molecular flexibility index (Phi) is 5.99. The topological polar surface area (TPSA) is 3.24 Å². The fourth-order valence-electron chi connectivity index (χ4n) is 2.90. The van der Waals surface area contributed by atoms with Crippen molar-refractivity contribution in [2.75, 3.05) is 19.6 Å². The number of hydrogen-bond acceptors (Lipinski definition) is 1. The van der Waals surface area contributed by atoms with Crippen molar-refractivity contribution >= 4 is 0 Å². The van der Waals surface area contributed by atoms with Gasteiger partial charge in [0.1, 0.15) is 0 Å². The van der Waals surface area contributed by atoms with Gasteiger partial charge in [-0.15, -0.1) is 0 Å². The summed E-state index contributed by atoms with van der Waals surface area (Å²) in [5.74, 6) is 2.07. The maximum atomic E-state index is 2.71. The first-order valence-electron chi connectivity index (χ1n) is 7.75. The van der Waals surface area contributed by atoms with E-state index in [1.165, 1.54) is 51.7 Å². The predicted octanol–water partition coefficient (Wildman–Crippen LogP) is 4.57. The minimum Gasteiger partial charge on any atom is -0.303 e. The molecule has 17 heavy (non-hydrogen) atoms. The van der Waals surface area contributed by atoms with E-state index >= 15 is 0 Å². The van der Waals surface area contributed by atoms with Gasteiger partial charge in [-0.3, -0.25) is 0 Å². The molecule has 1 heteroatoms. The quantitative estimate of drug-likeness (QED) is 0.697. The molecule has 0 aromatic carbocycles. The summed E-state index contributed by atoms with van der Waals surface area (Å²) in [5.41, 5.74) is 0.531. The van der Waals surface area contributed by atoms with Gasteiger partial charge in [0.2, 0.25) is 0 Å². The van der Waals surface area contributed by atoms with Crippen LogP contribution in [0.25, 0.3) is 0 Å². The van der Waals surface area contributed by atoms with Crippen molar-refractivity contribution in [3.8, 4) is 0 Å². The molecule has 0 atom stereocenters. The molecule has 0 spiro atoms. The Morgan fingerprint density at radius 3 is 1.82 bits per heavy atom. The Balaban J connectivity index is 0.000000686. The van der Waals surface area contributed by atoms with Gasteiger partial charge in [-0.2, -0.15) is 0 Å². The van der Waals surface area contributed by atoms with Gasteiger partial charge >= 0.3 is 0 Å². The van der Waals surface area contributed by atoms with Gasteiger partial charge in [0, 0.05) is 6.54 Å². The molecule has 1 nitrogen and oxygen atoms in total. The maximum absolute atomic E-state index is 2.71. The van der Waals surface area contributed by atoms with Crippen LogP contribution in [0.2, 0.25) is 0 Å². The molecule has 0 aromatic rings. The van der Waals surface area contributed by atoms with Gasteiger partial charge in [-0.05, 0) is 62.4 Å². The molecule has 102 valence electrons. The lowest BCUT2D eigenvalue weighted by atomic mass is 9.80. The monoisotopic (exact) mass is 239 g/mol. The minimum absolute atomic E-state index is 0.531. The van der Waals surface area contributed by atoms with Crippen molar-refractivity contribution in [2.45, 2.75) is 66.7 Å². The third-order valence-electron chi connectivity index (χ3n) is 3.82. The Labute approximate surface area is 109 Å². The van der Waals surface area contributed by atoms with E-state index < -0.39 is 0 Å². The molecule has 0 N–H and O–H groups in total. The van der Waals surface area contributed by atoms with Crippen molar-refractivity contribution in [2.24, 2.45) is 17.3 Å². The molecule has 1 saturated carbocycles. The number of likely N-dealkylation sites (tertiary alicyclic amines) is 1. The standard InChI is InChI=1S/C14H27N.C2H6/c1-14(2,3)10-12-6-8-15(9-7-12)11-13-4-5-13;1-2/h12-13H,4-11H2,1-3H3;1-2H3. The highest BCUT2D eigenvalue weighted by Crippen LogP contribution is 2.34. The fraction of sp³-hybridized carbons (Fsp3) is 1.00. The molecule has 2 rings (SSSR count). The first-order valence-corrected chi connectivity index (χ1v) is 7.75. The Bertz CT molecular complexity index is 192. The molecule has 2 fully saturated rings. The molecule has 1 aliphatic carbocycles. The summed E-state index contributed by atoms with van der Waals surface area (Å²) in [7, 11) is 0. The molecule has 1 saturated heterocycles. The molecule has 0 aromatic heterocycles. The lowest BCUT2D eigenvalue weighted by Crippen LogP contribution is -2.36. The van der Waals surface area contributed by atoms with E-state index in [-0.39, 0.29) is 0 Å². The SMILES string of the molecule is CC.CC(C)(C)CC1CCN(CC2CC2)CC1. The van der Waals surface area contributed by atoms with E-state index in [0.717, 1.165) is 11.8 Å². The smallest absolute Gasteiger partial charge is 0.000966 e. The number of piperidine rings is 1. The van der Waals surface area contributed by atoms with Crippen LogP contribution in [-0.4, -0.2) is 24.5 Å². The lowest BCUT2D eigenvalue weighted by Gasteiger charge is -2.35. The summed E-state index contributed by atoms with van der Waals surface area (Å²) in [6, 6.07) is 0. The molecule has 2 aliphatic rings. The van der Waals surface area contributed by atoms with Gasteiger partial charge in [-0.25, -0.2) is 0 Å². The van der Waals surface area contributed by atoms with Crippen LogP contribution in [-0.2, 0) is 0 Å². The van der Waals surface area contributed by atoms with Crippen LogP contribution in [0.1, 0.15) is 66.7 Å². The second-order valence-electron chi connectivity index (χ2n) is 6.95. The zero-order valence-corrected chi connectivity index (χ0v) is 12.8. The van der Waals surface area contributed by atoms with E-state index in [2.05, 4.69) is 25.7 Å². The summed E-state index contributed by atoms with van der Waals surface area (Å²) in [5, 5.41) is 0.